The summed E-state index contributed by atoms with van der Waals surface area (Å²) in [4.78, 5) is 23.4. The number of rotatable bonds is 5. The van der Waals surface area contributed by atoms with Gasteiger partial charge in [-0.25, -0.2) is 0 Å². The fraction of sp³-hybridized carbons (Fsp3) is 0.467. The zero-order chi connectivity index (χ0) is 14.5. The van der Waals surface area contributed by atoms with Gasteiger partial charge in [-0.05, 0) is 26.3 Å². The van der Waals surface area contributed by atoms with Gasteiger partial charge in [0.15, 0.2) is 0 Å². The lowest BCUT2D eigenvalue weighted by Crippen LogP contribution is -2.44. The fourth-order valence-electron chi connectivity index (χ4n) is 1.77. The number of ether oxygens (including phenoxy) is 1. The molecule has 1 amide bonds. The minimum Gasteiger partial charge on any atom is -0.469 e. The number of hydrogen-bond donors (Lipinski definition) is 1. The number of esters is 1. The molecule has 0 aromatic heterocycles. The minimum absolute atomic E-state index is 0.102. The Morgan fingerprint density at radius 1 is 1.26 bits per heavy atom. The van der Waals surface area contributed by atoms with Crippen molar-refractivity contribution >= 4 is 11.9 Å². The average Bonchev–Trinajstić information content (AvgIpc) is 2.39. The molecule has 1 unspecified atom stereocenters. The lowest BCUT2D eigenvalue weighted by atomic mass is 9.83. The maximum Gasteiger partial charge on any atom is 0.307 e. The van der Waals surface area contributed by atoms with Crippen LogP contribution in [0.4, 0.5) is 0 Å². The quantitative estimate of drug-likeness (QED) is 0.827. The predicted octanol–water partition coefficient (Wildman–Crippen LogP) is 2.03. The van der Waals surface area contributed by atoms with Crippen LogP contribution in [-0.2, 0) is 19.7 Å². The Hall–Kier alpha value is -1.84. The Kier molecular flexibility index (Phi) is 5.10. The van der Waals surface area contributed by atoms with Gasteiger partial charge in [-0.2, -0.15) is 0 Å². The summed E-state index contributed by atoms with van der Waals surface area (Å²) in [6, 6.07) is 9.32. The van der Waals surface area contributed by atoms with Crippen molar-refractivity contribution in [3.63, 3.8) is 0 Å². The van der Waals surface area contributed by atoms with Crippen LogP contribution in [0.25, 0.3) is 0 Å². The highest BCUT2D eigenvalue weighted by Crippen LogP contribution is 2.23. The van der Waals surface area contributed by atoms with E-state index in [-0.39, 0.29) is 24.3 Å². The number of methoxy groups -OCH3 is 1. The van der Waals surface area contributed by atoms with Crippen molar-refractivity contribution in [2.75, 3.05) is 7.11 Å². The van der Waals surface area contributed by atoms with Crippen molar-refractivity contribution in [3.8, 4) is 0 Å². The van der Waals surface area contributed by atoms with Gasteiger partial charge in [0.05, 0.1) is 18.9 Å². The fourth-order valence-corrected chi connectivity index (χ4v) is 1.77. The zero-order valence-electron chi connectivity index (χ0n) is 11.9. The van der Waals surface area contributed by atoms with Crippen LogP contribution in [0.5, 0.6) is 0 Å². The average molecular weight is 263 g/mol. The molecule has 0 heterocycles. The SMILES string of the molecule is COC(=O)CC(C)NC(=O)C(C)(C)c1ccccc1. The van der Waals surface area contributed by atoms with E-state index in [0.717, 1.165) is 5.56 Å². The molecule has 0 spiro atoms. The first-order valence-electron chi connectivity index (χ1n) is 6.31. The van der Waals surface area contributed by atoms with Gasteiger partial charge in [-0.3, -0.25) is 9.59 Å². The molecule has 0 saturated carbocycles. The van der Waals surface area contributed by atoms with Gasteiger partial charge in [0.25, 0.3) is 0 Å². The molecule has 0 aliphatic carbocycles. The number of nitrogens with one attached hydrogen (secondary N) is 1. The minimum atomic E-state index is -0.633. The van der Waals surface area contributed by atoms with E-state index in [2.05, 4.69) is 10.1 Å². The van der Waals surface area contributed by atoms with Crippen LogP contribution >= 0.6 is 0 Å². The molecule has 0 radical (unpaired) electrons. The molecular formula is C15H21NO3. The normalized spacial score (nSPS) is 12.6. The number of hydrogen-bond acceptors (Lipinski definition) is 3. The molecule has 0 aliphatic rings. The summed E-state index contributed by atoms with van der Waals surface area (Å²) in [5, 5.41) is 2.84. The molecule has 104 valence electrons. The van der Waals surface area contributed by atoms with Crippen LogP contribution < -0.4 is 5.32 Å². The molecule has 4 nitrogen and oxygen atoms in total. The second kappa shape index (κ2) is 6.36. The maximum absolute atomic E-state index is 12.3. The van der Waals surface area contributed by atoms with E-state index in [1.165, 1.54) is 7.11 Å². The highest BCUT2D eigenvalue weighted by molar-refractivity contribution is 5.87. The molecule has 1 aromatic rings. The third-order valence-electron chi connectivity index (χ3n) is 3.14. The summed E-state index contributed by atoms with van der Waals surface area (Å²) < 4.78 is 4.58. The molecule has 1 N–H and O–H groups in total. The van der Waals surface area contributed by atoms with E-state index in [4.69, 9.17) is 0 Å². The lowest BCUT2D eigenvalue weighted by molar-refractivity contribution is -0.141. The second-order valence-corrected chi connectivity index (χ2v) is 5.15. The van der Waals surface area contributed by atoms with Gasteiger partial charge in [0, 0.05) is 6.04 Å². The Labute approximate surface area is 114 Å². The second-order valence-electron chi connectivity index (χ2n) is 5.15. The third kappa shape index (κ3) is 4.09. The highest BCUT2D eigenvalue weighted by atomic mass is 16.5. The molecule has 1 aromatic carbocycles. The Bertz CT molecular complexity index is 440. The molecule has 4 heteroatoms. The Morgan fingerprint density at radius 3 is 2.37 bits per heavy atom. The summed E-state index contributed by atoms with van der Waals surface area (Å²) >= 11 is 0. The zero-order valence-corrected chi connectivity index (χ0v) is 11.9. The van der Waals surface area contributed by atoms with Gasteiger partial charge in [0.2, 0.25) is 5.91 Å². The third-order valence-corrected chi connectivity index (χ3v) is 3.14. The van der Waals surface area contributed by atoms with Gasteiger partial charge in [-0.1, -0.05) is 30.3 Å². The van der Waals surface area contributed by atoms with Crippen LogP contribution in [0, 0.1) is 0 Å². The summed E-state index contributed by atoms with van der Waals surface area (Å²) in [6.45, 7) is 5.51. The van der Waals surface area contributed by atoms with Crippen molar-refractivity contribution in [1.82, 2.24) is 5.32 Å². The van der Waals surface area contributed by atoms with Crippen molar-refractivity contribution in [2.24, 2.45) is 0 Å². The first-order chi connectivity index (χ1) is 8.87. The van der Waals surface area contributed by atoms with Gasteiger partial charge in [0.1, 0.15) is 0 Å². The molecule has 0 aliphatic heterocycles. The number of amides is 1. The largest absolute Gasteiger partial charge is 0.469 e. The van der Waals surface area contributed by atoms with Crippen LogP contribution in [0.3, 0.4) is 0 Å². The van der Waals surface area contributed by atoms with Crippen molar-refractivity contribution in [3.05, 3.63) is 35.9 Å². The van der Waals surface area contributed by atoms with Crippen LogP contribution in [0.15, 0.2) is 30.3 Å². The van der Waals surface area contributed by atoms with E-state index in [9.17, 15) is 9.59 Å². The summed E-state index contributed by atoms with van der Waals surface area (Å²) in [7, 11) is 1.34. The van der Waals surface area contributed by atoms with Crippen LogP contribution in [-0.4, -0.2) is 25.0 Å². The molecule has 0 saturated heterocycles. The highest BCUT2D eigenvalue weighted by Gasteiger charge is 2.30. The summed E-state index contributed by atoms with van der Waals surface area (Å²) in [6.07, 6.45) is 0.174. The van der Waals surface area contributed by atoms with E-state index in [1.807, 2.05) is 44.2 Å². The molecular weight excluding hydrogens is 242 g/mol. The summed E-state index contributed by atoms with van der Waals surface area (Å²) in [5.74, 6) is -0.430. The monoisotopic (exact) mass is 263 g/mol. The van der Waals surface area contributed by atoms with E-state index >= 15 is 0 Å². The van der Waals surface area contributed by atoms with Crippen LogP contribution in [0.2, 0.25) is 0 Å². The Balaban J connectivity index is 2.69. The smallest absolute Gasteiger partial charge is 0.307 e. The summed E-state index contributed by atoms with van der Waals surface area (Å²) in [5.41, 5.74) is 0.309. The number of carbonyl (C=O) groups is 2. The standard InChI is InChI=1S/C15H21NO3/c1-11(10-13(17)19-4)16-14(18)15(2,3)12-8-6-5-7-9-12/h5-9,11H,10H2,1-4H3,(H,16,18). The number of carbonyl (C=O) groups excluding carboxylic acids is 2. The van der Waals surface area contributed by atoms with Gasteiger partial charge in [-0.15, -0.1) is 0 Å². The molecule has 1 rings (SSSR count). The van der Waals surface area contributed by atoms with Gasteiger partial charge >= 0.3 is 5.97 Å². The van der Waals surface area contributed by atoms with Crippen molar-refractivity contribution in [2.45, 2.75) is 38.6 Å². The van der Waals surface area contributed by atoms with Crippen LogP contribution in [0.1, 0.15) is 32.8 Å². The molecule has 19 heavy (non-hydrogen) atoms. The topological polar surface area (TPSA) is 55.4 Å². The van der Waals surface area contributed by atoms with E-state index in [1.54, 1.807) is 6.92 Å². The molecule has 0 fully saturated rings. The van der Waals surface area contributed by atoms with Crippen molar-refractivity contribution < 1.29 is 14.3 Å². The Morgan fingerprint density at radius 2 is 1.84 bits per heavy atom. The maximum atomic E-state index is 12.3. The first kappa shape index (κ1) is 15.2. The van der Waals surface area contributed by atoms with E-state index in [0.29, 0.717) is 0 Å². The predicted molar refractivity (Wildman–Crippen MR) is 73.7 cm³/mol. The van der Waals surface area contributed by atoms with Crippen molar-refractivity contribution in [1.29, 1.82) is 0 Å². The number of benzene rings is 1. The molecule has 1 atom stereocenters. The molecule has 0 bridgehead atoms. The van der Waals surface area contributed by atoms with Gasteiger partial charge < -0.3 is 10.1 Å². The lowest BCUT2D eigenvalue weighted by Gasteiger charge is -2.26. The first-order valence-corrected chi connectivity index (χ1v) is 6.31. The van der Waals surface area contributed by atoms with E-state index < -0.39 is 5.41 Å².